The molecule has 1 heterocycles. The number of hydrogen-bond acceptors (Lipinski definition) is 4. The van der Waals surface area contributed by atoms with E-state index in [1.54, 1.807) is 48.2 Å². The maximum atomic E-state index is 12.4. The number of carbonyl (C=O) groups excluding carboxylic acids is 2. The quantitative estimate of drug-likeness (QED) is 0.795. The van der Waals surface area contributed by atoms with Gasteiger partial charge in [-0.1, -0.05) is 23.2 Å². The lowest BCUT2D eigenvalue weighted by molar-refractivity contribution is -0.118. The van der Waals surface area contributed by atoms with Crippen molar-refractivity contribution < 1.29 is 19.1 Å². The molecule has 148 valence electrons. The average Bonchev–Trinajstić information content (AvgIpc) is 2.68. The molecule has 2 aromatic rings. The molecule has 0 unspecified atom stereocenters. The smallest absolute Gasteiger partial charge is 0.262 e. The molecule has 0 spiro atoms. The predicted molar refractivity (Wildman–Crippen MR) is 108 cm³/mol. The lowest BCUT2D eigenvalue weighted by Crippen LogP contribution is -2.40. The highest BCUT2D eigenvalue weighted by molar-refractivity contribution is 6.35. The van der Waals surface area contributed by atoms with Gasteiger partial charge in [-0.15, -0.1) is 0 Å². The van der Waals surface area contributed by atoms with Gasteiger partial charge >= 0.3 is 0 Å². The van der Waals surface area contributed by atoms with Crippen molar-refractivity contribution in [2.45, 2.75) is 6.92 Å². The van der Waals surface area contributed by atoms with Crippen LogP contribution in [0.4, 0.5) is 5.69 Å². The highest BCUT2D eigenvalue weighted by Crippen LogP contribution is 2.31. The molecule has 0 bridgehead atoms. The van der Waals surface area contributed by atoms with Crippen LogP contribution in [0, 0.1) is 6.92 Å². The molecule has 2 aromatic carbocycles. The Hall–Kier alpha value is -2.28. The van der Waals surface area contributed by atoms with Crippen LogP contribution < -0.4 is 10.1 Å². The molecule has 1 aliphatic heterocycles. The molecule has 2 amide bonds. The maximum absolute atomic E-state index is 12.4. The van der Waals surface area contributed by atoms with Crippen molar-refractivity contribution in [1.82, 2.24) is 4.90 Å². The zero-order valence-corrected chi connectivity index (χ0v) is 16.8. The molecule has 0 atom stereocenters. The van der Waals surface area contributed by atoms with Gasteiger partial charge in [-0.2, -0.15) is 0 Å². The lowest BCUT2D eigenvalue weighted by Gasteiger charge is -2.26. The Morgan fingerprint density at radius 1 is 1.14 bits per heavy atom. The van der Waals surface area contributed by atoms with Crippen molar-refractivity contribution in [3.8, 4) is 5.75 Å². The predicted octanol–water partition coefficient (Wildman–Crippen LogP) is 3.79. The van der Waals surface area contributed by atoms with E-state index < -0.39 is 0 Å². The molecule has 0 aliphatic carbocycles. The second-order valence-electron chi connectivity index (χ2n) is 6.35. The van der Waals surface area contributed by atoms with E-state index in [2.05, 4.69) is 5.32 Å². The van der Waals surface area contributed by atoms with Gasteiger partial charge in [0.05, 0.1) is 18.2 Å². The number of rotatable bonds is 5. The number of morpholine rings is 1. The van der Waals surface area contributed by atoms with Crippen LogP contribution in [0.5, 0.6) is 5.75 Å². The molecule has 0 saturated carbocycles. The Labute approximate surface area is 173 Å². The molecule has 28 heavy (non-hydrogen) atoms. The Balaban J connectivity index is 1.55. The van der Waals surface area contributed by atoms with Gasteiger partial charge in [0, 0.05) is 29.4 Å². The molecular formula is C20H20Cl2N2O4. The molecule has 6 nitrogen and oxygen atoms in total. The van der Waals surface area contributed by atoms with Crippen molar-refractivity contribution in [3.05, 3.63) is 57.6 Å². The Morgan fingerprint density at radius 3 is 2.46 bits per heavy atom. The van der Waals surface area contributed by atoms with Gasteiger partial charge in [0.2, 0.25) is 0 Å². The minimum atomic E-state index is -0.335. The number of hydrogen-bond donors (Lipinski definition) is 1. The van der Waals surface area contributed by atoms with Gasteiger partial charge in [-0.3, -0.25) is 9.59 Å². The van der Waals surface area contributed by atoms with Crippen LogP contribution in [0.15, 0.2) is 36.4 Å². The summed E-state index contributed by atoms with van der Waals surface area (Å²) in [6, 6.07) is 10.0. The second kappa shape index (κ2) is 9.28. The summed E-state index contributed by atoms with van der Waals surface area (Å²) in [6.45, 7) is 3.88. The number of anilines is 1. The number of amides is 2. The number of aryl methyl sites for hydroxylation is 1. The molecule has 8 heteroatoms. The number of carbonyl (C=O) groups is 2. The van der Waals surface area contributed by atoms with Crippen molar-refractivity contribution in [3.63, 3.8) is 0 Å². The summed E-state index contributed by atoms with van der Waals surface area (Å²) in [4.78, 5) is 26.3. The molecule has 1 saturated heterocycles. The Bertz CT molecular complexity index is 842. The second-order valence-corrected chi connectivity index (χ2v) is 7.20. The van der Waals surface area contributed by atoms with Crippen LogP contribution in [-0.2, 0) is 9.53 Å². The van der Waals surface area contributed by atoms with Crippen molar-refractivity contribution in [1.29, 1.82) is 0 Å². The van der Waals surface area contributed by atoms with E-state index in [1.165, 1.54) is 0 Å². The third kappa shape index (κ3) is 5.16. The number of benzene rings is 2. The van der Waals surface area contributed by atoms with Crippen LogP contribution in [0.25, 0.3) is 0 Å². The molecular weight excluding hydrogens is 403 g/mol. The molecule has 1 fully saturated rings. The van der Waals surface area contributed by atoms with Gasteiger partial charge in [-0.05, 0) is 48.9 Å². The van der Waals surface area contributed by atoms with Crippen LogP contribution in [0.1, 0.15) is 15.9 Å². The molecule has 3 rings (SSSR count). The van der Waals surface area contributed by atoms with Crippen molar-refractivity contribution >= 4 is 40.7 Å². The molecule has 0 radical (unpaired) electrons. The van der Waals surface area contributed by atoms with E-state index in [4.69, 9.17) is 32.7 Å². The summed E-state index contributed by atoms with van der Waals surface area (Å²) >= 11 is 12.0. The van der Waals surface area contributed by atoms with E-state index in [1.807, 2.05) is 0 Å². The van der Waals surface area contributed by atoms with Crippen LogP contribution >= 0.6 is 23.2 Å². The highest BCUT2D eigenvalue weighted by Gasteiger charge is 2.18. The van der Waals surface area contributed by atoms with E-state index >= 15 is 0 Å². The lowest BCUT2D eigenvalue weighted by atomic mass is 10.1. The van der Waals surface area contributed by atoms with Gasteiger partial charge in [0.1, 0.15) is 5.75 Å². The topological polar surface area (TPSA) is 67.9 Å². The fourth-order valence-electron chi connectivity index (χ4n) is 2.85. The Morgan fingerprint density at radius 2 is 1.82 bits per heavy atom. The summed E-state index contributed by atoms with van der Waals surface area (Å²) in [6.07, 6.45) is 0. The first-order valence-corrected chi connectivity index (χ1v) is 9.55. The van der Waals surface area contributed by atoms with E-state index in [0.717, 1.165) is 5.56 Å². The minimum Gasteiger partial charge on any atom is -0.482 e. The van der Waals surface area contributed by atoms with Crippen molar-refractivity contribution in [2.24, 2.45) is 0 Å². The first kappa shape index (κ1) is 20.5. The zero-order valence-electron chi connectivity index (χ0n) is 15.3. The maximum Gasteiger partial charge on any atom is 0.262 e. The summed E-state index contributed by atoms with van der Waals surface area (Å²) in [5.41, 5.74) is 1.89. The van der Waals surface area contributed by atoms with Crippen molar-refractivity contribution in [2.75, 3.05) is 38.2 Å². The summed E-state index contributed by atoms with van der Waals surface area (Å²) in [7, 11) is 0. The van der Waals surface area contributed by atoms with Crippen LogP contribution in [0.2, 0.25) is 10.0 Å². The summed E-state index contributed by atoms with van der Waals surface area (Å²) in [5.74, 6) is 0.0442. The normalized spacial score (nSPS) is 13.9. The largest absolute Gasteiger partial charge is 0.482 e. The van der Waals surface area contributed by atoms with E-state index in [9.17, 15) is 9.59 Å². The number of halogens is 2. The zero-order chi connectivity index (χ0) is 20.1. The standard InChI is InChI=1S/C20H20Cl2N2O4/c1-13-10-15(21)11-17(22)19(13)28-12-18(25)23-16-4-2-14(3-5-16)20(26)24-6-8-27-9-7-24/h2-5,10-11H,6-9,12H2,1H3,(H,23,25). The van der Waals surface area contributed by atoms with Gasteiger partial charge < -0.3 is 19.7 Å². The SMILES string of the molecule is Cc1cc(Cl)cc(Cl)c1OCC(=O)Nc1ccc(C(=O)N2CCOCC2)cc1. The van der Waals surface area contributed by atoms with Gasteiger partial charge in [0.25, 0.3) is 11.8 Å². The number of ether oxygens (including phenoxy) is 2. The first-order valence-electron chi connectivity index (χ1n) is 8.79. The van der Waals surface area contributed by atoms with E-state index in [-0.39, 0.29) is 18.4 Å². The third-order valence-corrected chi connectivity index (χ3v) is 4.75. The number of nitrogens with one attached hydrogen (secondary N) is 1. The number of nitrogens with zero attached hydrogens (tertiary/aromatic N) is 1. The Kier molecular flexibility index (Phi) is 6.78. The summed E-state index contributed by atoms with van der Waals surface area (Å²) in [5, 5.41) is 3.59. The molecule has 1 aliphatic rings. The highest BCUT2D eigenvalue weighted by atomic mass is 35.5. The average molecular weight is 423 g/mol. The fraction of sp³-hybridized carbons (Fsp3) is 0.300. The minimum absolute atomic E-state index is 0.0441. The fourth-order valence-corrected chi connectivity index (χ4v) is 3.50. The van der Waals surface area contributed by atoms with Crippen LogP contribution in [-0.4, -0.2) is 49.6 Å². The summed E-state index contributed by atoms with van der Waals surface area (Å²) < 4.78 is 10.8. The third-order valence-electron chi connectivity index (χ3n) is 4.26. The molecule has 1 N–H and O–H groups in total. The van der Waals surface area contributed by atoms with Crippen LogP contribution in [0.3, 0.4) is 0 Å². The van der Waals surface area contributed by atoms with Gasteiger partial charge in [-0.25, -0.2) is 0 Å². The van der Waals surface area contributed by atoms with E-state index in [0.29, 0.717) is 53.3 Å². The van der Waals surface area contributed by atoms with Gasteiger partial charge in [0.15, 0.2) is 6.61 Å². The molecule has 0 aromatic heterocycles. The monoisotopic (exact) mass is 422 g/mol. The first-order chi connectivity index (χ1) is 13.4.